The molecule has 0 radical (unpaired) electrons. The minimum Gasteiger partial charge on any atom is -0.464 e. The molecule has 5 aromatic rings. The lowest BCUT2D eigenvalue weighted by Gasteiger charge is -2.08. The van der Waals surface area contributed by atoms with Crippen molar-refractivity contribution in [3.8, 4) is 5.69 Å². The van der Waals surface area contributed by atoms with E-state index in [2.05, 4.69) is 15.9 Å². The number of aromatic nitrogens is 3. The van der Waals surface area contributed by atoms with E-state index in [0.717, 1.165) is 32.1 Å². The molecule has 30 heavy (non-hydrogen) atoms. The summed E-state index contributed by atoms with van der Waals surface area (Å²) in [5, 5.41) is 19.2. The minimum absolute atomic E-state index is 0.355. The maximum absolute atomic E-state index is 11.5. The summed E-state index contributed by atoms with van der Waals surface area (Å²) in [4.78, 5) is 11.5. The first-order valence-corrected chi connectivity index (χ1v) is 10.2. The molecule has 2 heterocycles. The van der Waals surface area contributed by atoms with Crippen molar-refractivity contribution >= 4 is 44.0 Å². The fraction of sp³-hybridized carbons (Fsp3) is 0.0435. The Morgan fingerprint density at radius 1 is 0.900 bits per heavy atom. The van der Waals surface area contributed by atoms with Gasteiger partial charge in [0, 0.05) is 21.7 Å². The number of benzene rings is 3. The molecule has 148 valence electrons. The van der Waals surface area contributed by atoms with Gasteiger partial charge in [-0.3, -0.25) is 14.5 Å². The summed E-state index contributed by atoms with van der Waals surface area (Å²) < 4.78 is 6.07. The summed E-state index contributed by atoms with van der Waals surface area (Å²) in [6.45, 7) is 0.462. The Morgan fingerprint density at radius 3 is 2.33 bits per heavy atom. The van der Waals surface area contributed by atoms with E-state index in [9.17, 15) is 9.90 Å². The largest absolute Gasteiger partial charge is 0.464 e. The summed E-state index contributed by atoms with van der Waals surface area (Å²) in [7, 11) is 0. The molecular formula is C23H17BrN4O2. The lowest BCUT2D eigenvalue weighted by Crippen LogP contribution is -2.24. The Bertz CT molecular complexity index is 1480. The van der Waals surface area contributed by atoms with Crippen molar-refractivity contribution in [2.45, 2.75) is 6.54 Å². The molecule has 2 N–H and O–H groups in total. The third kappa shape index (κ3) is 2.86. The zero-order valence-electron chi connectivity index (χ0n) is 15.8. The van der Waals surface area contributed by atoms with E-state index in [1.165, 1.54) is 4.57 Å². The van der Waals surface area contributed by atoms with Gasteiger partial charge in [0.15, 0.2) is 0 Å². The maximum Gasteiger partial charge on any atom is 0.415 e. The van der Waals surface area contributed by atoms with Gasteiger partial charge in [-0.05, 0) is 54.1 Å². The van der Waals surface area contributed by atoms with E-state index in [0.29, 0.717) is 17.7 Å². The third-order valence-electron chi connectivity index (χ3n) is 5.32. The monoisotopic (exact) mass is 460 g/mol. The van der Waals surface area contributed by atoms with E-state index >= 15 is 0 Å². The van der Waals surface area contributed by atoms with Gasteiger partial charge in [0.25, 0.3) is 0 Å². The van der Waals surface area contributed by atoms with Gasteiger partial charge in [0.2, 0.25) is 5.62 Å². The Hall–Kier alpha value is -3.58. The number of nitrogens with one attached hydrogen (secondary N) is 1. The highest BCUT2D eigenvalue weighted by Gasteiger charge is 2.15. The molecule has 0 aliphatic heterocycles. The molecule has 2 aromatic heterocycles. The molecule has 0 unspecified atom stereocenters. The fourth-order valence-electron chi connectivity index (χ4n) is 3.95. The quantitative estimate of drug-likeness (QED) is 0.388. The van der Waals surface area contributed by atoms with Crippen LogP contribution in [0.4, 0.5) is 4.79 Å². The summed E-state index contributed by atoms with van der Waals surface area (Å²) in [6, 6.07) is 23.3. The molecule has 0 amide bonds. The highest BCUT2D eigenvalue weighted by molar-refractivity contribution is 9.10. The minimum atomic E-state index is -1.01. The van der Waals surface area contributed by atoms with Gasteiger partial charge < -0.3 is 9.67 Å². The Kier molecular flexibility index (Phi) is 4.33. The summed E-state index contributed by atoms with van der Waals surface area (Å²) in [5.74, 6) is 0. The summed E-state index contributed by atoms with van der Waals surface area (Å²) >= 11 is 3.47. The Morgan fingerprint density at radius 2 is 1.60 bits per heavy atom. The standard InChI is InChI=1S/C23H17BrN4O2/c24-16-8-10-17(11-9-16)28-21-6-2-1-5-20(21)27(22(28)25)14-15-4-3-7-19-18(15)12-13-26(19)23(29)30/h1-13,25H,14H2,(H,29,30). The van der Waals surface area contributed by atoms with Gasteiger partial charge in [-0.2, -0.15) is 0 Å². The molecule has 5 rings (SSSR count). The zero-order chi connectivity index (χ0) is 20.8. The second-order valence-corrected chi connectivity index (χ2v) is 7.94. The normalized spacial score (nSPS) is 11.4. The van der Waals surface area contributed by atoms with Crippen molar-refractivity contribution in [1.29, 1.82) is 5.41 Å². The second kappa shape index (κ2) is 7.03. The summed E-state index contributed by atoms with van der Waals surface area (Å²) in [6.07, 6.45) is 0.552. The van der Waals surface area contributed by atoms with Crippen LogP contribution in [0.1, 0.15) is 5.56 Å². The van der Waals surface area contributed by atoms with Crippen LogP contribution in [0, 0.1) is 5.41 Å². The van der Waals surface area contributed by atoms with Crippen LogP contribution < -0.4 is 5.62 Å². The molecule has 0 fully saturated rings. The number of carboxylic acid groups (broad SMARTS) is 1. The van der Waals surface area contributed by atoms with Crippen molar-refractivity contribution in [3.05, 3.63) is 94.6 Å². The number of halogens is 1. The first-order chi connectivity index (χ1) is 14.5. The number of hydrogen-bond acceptors (Lipinski definition) is 2. The van der Waals surface area contributed by atoms with Crippen LogP contribution in [0.15, 0.2) is 83.5 Å². The van der Waals surface area contributed by atoms with E-state index in [4.69, 9.17) is 5.41 Å². The lowest BCUT2D eigenvalue weighted by atomic mass is 10.1. The molecular weight excluding hydrogens is 444 g/mol. The van der Waals surface area contributed by atoms with Crippen molar-refractivity contribution < 1.29 is 9.90 Å². The smallest absolute Gasteiger partial charge is 0.415 e. The number of carbonyl (C=O) groups is 1. The van der Waals surface area contributed by atoms with Crippen LogP contribution in [0.3, 0.4) is 0 Å². The van der Waals surface area contributed by atoms with Gasteiger partial charge in [0.1, 0.15) is 0 Å². The first kappa shape index (κ1) is 18.4. The molecule has 0 spiro atoms. The Labute approximate surface area is 179 Å². The second-order valence-electron chi connectivity index (χ2n) is 7.03. The van der Waals surface area contributed by atoms with Crippen LogP contribution >= 0.6 is 15.9 Å². The van der Waals surface area contributed by atoms with Crippen LogP contribution in [0.2, 0.25) is 0 Å². The predicted octanol–water partition coefficient (Wildman–Crippen LogP) is 5.20. The number of imidazole rings is 1. The van der Waals surface area contributed by atoms with Crippen LogP contribution in [0.25, 0.3) is 27.6 Å². The lowest BCUT2D eigenvalue weighted by molar-refractivity contribution is 0.197. The average Bonchev–Trinajstić information content (AvgIpc) is 3.30. The predicted molar refractivity (Wildman–Crippen MR) is 119 cm³/mol. The fourth-order valence-corrected chi connectivity index (χ4v) is 4.21. The Balaban J connectivity index is 1.71. The molecule has 0 saturated heterocycles. The molecule has 0 bridgehead atoms. The van der Waals surface area contributed by atoms with Gasteiger partial charge in [-0.1, -0.05) is 40.2 Å². The van der Waals surface area contributed by atoms with Crippen LogP contribution in [0.5, 0.6) is 0 Å². The highest BCUT2D eigenvalue weighted by Crippen LogP contribution is 2.24. The first-order valence-electron chi connectivity index (χ1n) is 9.37. The summed E-state index contributed by atoms with van der Waals surface area (Å²) in [5.41, 5.74) is 4.76. The van der Waals surface area contributed by atoms with E-state index < -0.39 is 6.09 Å². The van der Waals surface area contributed by atoms with E-state index in [-0.39, 0.29) is 0 Å². The number of rotatable bonds is 3. The maximum atomic E-state index is 11.5. The van der Waals surface area contributed by atoms with Crippen molar-refractivity contribution in [3.63, 3.8) is 0 Å². The number of nitrogens with zero attached hydrogens (tertiary/aromatic N) is 3. The molecule has 6 nitrogen and oxygen atoms in total. The van der Waals surface area contributed by atoms with Gasteiger partial charge in [-0.15, -0.1) is 0 Å². The van der Waals surface area contributed by atoms with E-state index in [1.807, 2.05) is 75.9 Å². The molecule has 7 heteroatoms. The molecule has 0 aliphatic rings. The van der Waals surface area contributed by atoms with Crippen molar-refractivity contribution in [2.75, 3.05) is 0 Å². The van der Waals surface area contributed by atoms with Crippen molar-refractivity contribution in [2.24, 2.45) is 0 Å². The van der Waals surface area contributed by atoms with Gasteiger partial charge in [0.05, 0.1) is 23.1 Å². The van der Waals surface area contributed by atoms with Crippen LogP contribution in [-0.4, -0.2) is 24.9 Å². The molecule has 0 saturated carbocycles. The molecule has 0 atom stereocenters. The topological polar surface area (TPSA) is 75.9 Å². The molecule has 3 aromatic carbocycles. The van der Waals surface area contributed by atoms with Crippen LogP contribution in [-0.2, 0) is 6.54 Å². The average molecular weight is 461 g/mol. The number of para-hydroxylation sites is 2. The van der Waals surface area contributed by atoms with Gasteiger partial charge in [-0.25, -0.2) is 4.79 Å². The number of hydrogen-bond donors (Lipinski definition) is 2. The highest BCUT2D eigenvalue weighted by atomic mass is 79.9. The zero-order valence-corrected chi connectivity index (χ0v) is 17.4. The third-order valence-corrected chi connectivity index (χ3v) is 5.85. The van der Waals surface area contributed by atoms with E-state index in [1.54, 1.807) is 12.3 Å². The van der Waals surface area contributed by atoms with Gasteiger partial charge >= 0.3 is 6.09 Å². The SMILES string of the molecule is N=c1n(Cc2cccc3c2ccn3C(=O)O)c2ccccc2n1-c1ccc(Br)cc1. The van der Waals surface area contributed by atoms with Crippen molar-refractivity contribution in [1.82, 2.24) is 13.7 Å². The number of fused-ring (bicyclic) bond motifs is 2. The molecule has 0 aliphatic carbocycles.